The number of benzene rings is 1. The van der Waals surface area contributed by atoms with E-state index in [4.69, 9.17) is 4.74 Å². The van der Waals surface area contributed by atoms with Crippen LogP contribution >= 0.6 is 0 Å². The van der Waals surface area contributed by atoms with Crippen molar-refractivity contribution < 1.29 is 18.3 Å². The molecule has 0 aromatic heterocycles. The number of rotatable bonds is 8. The van der Waals surface area contributed by atoms with Crippen molar-refractivity contribution in [2.24, 2.45) is 0 Å². The molecule has 0 aliphatic heterocycles. The van der Waals surface area contributed by atoms with Crippen LogP contribution in [0, 0.1) is 0 Å². The van der Waals surface area contributed by atoms with Gasteiger partial charge in [0.2, 0.25) is 10.0 Å². The largest absolute Gasteiger partial charge is 0.497 e. The van der Waals surface area contributed by atoms with Gasteiger partial charge in [0.1, 0.15) is 5.75 Å². The number of aliphatic hydroxyl groups is 1. The van der Waals surface area contributed by atoms with Gasteiger partial charge < -0.3 is 9.84 Å². The molecular weight excluding hydrogens is 278 g/mol. The first-order chi connectivity index (χ1) is 9.41. The molecule has 1 N–H and O–H groups in total. The lowest BCUT2D eigenvalue weighted by atomic mass is 10.3. The summed E-state index contributed by atoms with van der Waals surface area (Å²) in [6, 6.07) is 6.28. The number of nitrogens with zero attached hydrogens (tertiary/aromatic N) is 1. The fourth-order valence-electron chi connectivity index (χ4n) is 1.84. The molecule has 6 heteroatoms. The van der Waals surface area contributed by atoms with Crippen LogP contribution < -0.4 is 4.74 Å². The van der Waals surface area contributed by atoms with Crippen molar-refractivity contribution >= 4 is 10.0 Å². The smallest absolute Gasteiger partial charge is 0.243 e. The van der Waals surface area contributed by atoms with Gasteiger partial charge in [-0.25, -0.2) is 8.42 Å². The predicted molar refractivity (Wildman–Crippen MR) is 78.3 cm³/mol. The first-order valence-electron chi connectivity index (χ1n) is 6.74. The number of sulfonamides is 1. The molecule has 5 nitrogen and oxygen atoms in total. The van der Waals surface area contributed by atoms with Crippen LogP contribution in [0.15, 0.2) is 29.2 Å². The molecule has 0 spiro atoms. The lowest BCUT2D eigenvalue weighted by Crippen LogP contribution is -2.37. The highest BCUT2D eigenvalue weighted by molar-refractivity contribution is 7.89. The fourth-order valence-corrected chi connectivity index (χ4v) is 3.40. The SMILES string of the molecule is CCCCN(CC(C)O)S(=O)(=O)c1ccc(OC)cc1. The maximum Gasteiger partial charge on any atom is 0.243 e. The number of hydrogen-bond acceptors (Lipinski definition) is 4. The van der Waals surface area contributed by atoms with Gasteiger partial charge in [-0.05, 0) is 37.6 Å². The third-order valence-electron chi connectivity index (χ3n) is 2.93. The molecule has 1 rings (SSSR count). The van der Waals surface area contributed by atoms with Gasteiger partial charge in [0.15, 0.2) is 0 Å². The van der Waals surface area contributed by atoms with Gasteiger partial charge in [0.25, 0.3) is 0 Å². The zero-order valence-corrected chi connectivity index (χ0v) is 13.1. The Labute approximate surface area is 121 Å². The monoisotopic (exact) mass is 301 g/mol. The van der Waals surface area contributed by atoms with E-state index in [1.54, 1.807) is 19.1 Å². The Hall–Kier alpha value is -1.11. The van der Waals surface area contributed by atoms with Crippen LogP contribution in [0.25, 0.3) is 0 Å². The van der Waals surface area contributed by atoms with E-state index >= 15 is 0 Å². The number of unbranched alkanes of at least 4 members (excludes halogenated alkanes) is 1. The van der Waals surface area contributed by atoms with E-state index in [0.717, 1.165) is 12.8 Å². The van der Waals surface area contributed by atoms with Crippen LogP contribution in [0.2, 0.25) is 0 Å². The molecule has 114 valence electrons. The van der Waals surface area contributed by atoms with Crippen molar-refractivity contribution in [3.8, 4) is 5.75 Å². The summed E-state index contributed by atoms with van der Waals surface area (Å²) in [5, 5.41) is 9.49. The van der Waals surface area contributed by atoms with Gasteiger partial charge in [-0.2, -0.15) is 4.31 Å². The molecule has 1 atom stereocenters. The molecule has 1 unspecified atom stereocenters. The lowest BCUT2D eigenvalue weighted by Gasteiger charge is -2.23. The summed E-state index contributed by atoms with van der Waals surface area (Å²) in [7, 11) is -2.04. The first kappa shape index (κ1) is 16.9. The van der Waals surface area contributed by atoms with Crippen molar-refractivity contribution in [1.29, 1.82) is 0 Å². The van der Waals surface area contributed by atoms with Crippen molar-refractivity contribution in [3.63, 3.8) is 0 Å². The maximum atomic E-state index is 12.5. The number of ether oxygens (including phenoxy) is 1. The molecule has 0 amide bonds. The van der Waals surface area contributed by atoms with E-state index in [-0.39, 0.29) is 11.4 Å². The van der Waals surface area contributed by atoms with Gasteiger partial charge in [0, 0.05) is 13.1 Å². The normalized spacial score (nSPS) is 13.4. The molecule has 0 bridgehead atoms. The Morgan fingerprint density at radius 1 is 1.30 bits per heavy atom. The third-order valence-corrected chi connectivity index (χ3v) is 4.81. The zero-order chi connectivity index (χ0) is 15.2. The van der Waals surface area contributed by atoms with Crippen molar-refractivity contribution in [2.45, 2.75) is 37.7 Å². The minimum absolute atomic E-state index is 0.106. The number of methoxy groups -OCH3 is 1. The number of aliphatic hydroxyl groups excluding tert-OH is 1. The summed E-state index contributed by atoms with van der Waals surface area (Å²) in [6.07, 6.45) is 0.969. The molecule has 0 heterocycles. The first-order valence-corrected chi connectivity index (χ1v) is 8.18. The summed E-state index contributed by atoms with van der Waals surface area (Å²) in [6.45, 7) is 4.10. The Bertz CT molecular complexity index is 496. The van der Waals surface area contributed by atoms with E-state index < -0.39 is 16.1 Å². The van der Waals surface area contributed by atoms with E-state index in [2.05, 4.69) is 0 Å². The van der Waals surface area contributed by atoms with Crippen LogP contribution in [-0.4, -0.2) is 44.1 Å². The Morgan fingerprint density at radius 2 is 1.90 bits per heavy atom. The molecule has 0 saturated heterocycles. The topological polar surface area (TPSA) is 66.8 Å². The molecule has 0 saturated carbocycles. The summed E-state index contributed by atoms with van der Waals surface area (Å²) in [5.74, 6) is 0.611. The summed E-state index contributed by atoms with van der Waals surface area (Å²) >= 11 is 0. The van der Waals surface area contributed by atoms with E-state index in [1.807, 2.05) is 6.92 Å². The molecule has 20 heavy (non-hydrogen) atoms. The Morgan fingerprint density at radius 3 is 2.35 bits per heavy atom. The van der Waals surface area contributed by atoms with E-state index in [1.165, 1.54) is 23.5 Å². The average molecular weight is 301 g/mol. The van der Waals surface area contributed by atoms with E-state index in [9.17, 15) is 13.5 Å². The highest BCUT2D eigenvalue weighted by Gasteiger charge is 2.25. The maximum absolute atomic E-state index is 12.5. The molecule has 0 aliphatic rings. The standard InChI is InChI=1S/C14H23NO4S/c1-4-5-10-15(11-12(2)16)20(17,18)14-8-6-13(19-3)7-9-14/h6-9,12,16H,4-5,10-11H2,1-3H3. The van der Waals surface area contributed by atoms with Crippen LogP contribution in [0.3, 0.4) is 0 Å². The molecule has 0 radical (unpaired) electrons. The molecule has 1 aromatic carbocycles. The highest BCUT2D eigenvalue weighted by Crippen LogP contribution is 2.20. The second-order valence-electron chi connectivity index (χ2n) is 4.74. The number of hydrogen-bond donors (Lipinski definition) is 1. The minimum Gasteiger partial charge on any atom is -0.497 e. The van der Waals surface area contributed by atoms with Crippen molar-refractivity contribution in [2.75, 3.05) is 20.2 Å². The van der Waals surface area contributed by atoms with Crippen LogP contribution in [-0.2, 0) is 10.0 Å². The fraction of sp³-hybridized carbons (Fsp3) is 0.571. The van der Waals surface area contributed by atoms with E-state index in [0.29, 0.717) is 12.3 Å². The lowest BCUT2D eigenvalue weighted by molar-refractivity contribution is 0.162. The Kier molecular flexibility index (Phi) is 6.45. The molecule has 0 aliphatic carbocycles. The van der Waals surface area contributed by atoms with Gasteiger partial charge in [-0.3, -0.25) is 0 Å². The Balaban J connectivity index is 3.00. The van der Waals surface area contributed by atoms with Gasteiger partial charge in [0.05, 0.1) is 18.1 Å². The molecule has 0 fully saturated rings. The van der Waals surface area contributed by atoms with Crippen LogP contribution in [0.1, 0.15) is 26.7 Å². The van der Waals surface area contributed by atoms with Gasteiger partial charge in [-0.15, -0.1) is 0 Å². The summed E-state index contributed by atoms with van der Waals surface area (Å²) in [5.41, 5.74) is 0. The van der Waals surface area contributed by atoms with Crippen molar-refractivity contribution in [3.05, 3.63) is 24.3 Å². The van der Waals surface area contributed by atoms with Gasteiger partial charge >= 0.3 is 0 Å². The van der Waals surface area contributed by atoms with Crippen LogP contribution in [0.5, 0.6) is 5.75 Å². The second kappa shape index (κ2) is 7.61. The summed E-state index contributed by atoms with van der Waals surface area (Å²) < 4.78 is 31.5. The predicted octanol–water partition coefficient (Wildman–Crippen LogP) is 1.87. The quantitative estimate of drug-likeness (QED) is 0.796. The average Bonchev–Trinajstić information content (AvgIpc) is 2.43. The molecule has 1 aromatic rings. The third kappa shape index (κ3) is 4.47. The van der Waals surface area contributed by atoms with Crippen molar-refractivity contribution in [1.82, 2.24) is 4.31 Å². The van der Waals surface area contributed by atoms with Gasteiger partial charge in [-0.1, -0.05) is 13.3 Å². The minimum atomic E-state index is -3.58. The zero-order valence-electron chi connectivity index (χ0n) is 12.2. The second-order valence-corrected chi connectivity index (χ2v) is 6.68. The molecular formula is C14H23NO4S. The van der Waals surface area contributed by atoms with Crippen LogP contribution in [0.4, 0.5) is 0 Å². The highest BCUT2D eigenvalue weighted by atomic mass is 32.2. The summed E-state index contributed by atoms with van der Waals surface area (Å²) in [4.78, 5) is 0.218.